The van der Waals surface area contributed by atoms with Crippen LogP contribution in [0.15, 0.2) is 0 Å². The highest BCUT2D eigenvalue weighted by molar-refractivity contribution is 4.85. The molecular formula is C17H32. The van der Waals surface area contributed by atoms with Gasteiger partial charge in [-0.2, -0.15) is 0 Å². The van der Waals surface area contributed by atoms with Crippen LogP contribution < -0.4 is 0 Å². The second kappa shape index (κ2) is 5.76. The van der Waals surface area contributed by atoms with Crippen molar-refractivity contribution in [1.29, 1.82) is 0 Å². The Labute approximate surface area is 109 Å². The fourth-order valence-corrected chi connectivity index (χ4v) is 4.43. The summed E-state index contributed by atoms with van der Waals surface area (Å²) >= 11 is 0. The van der Waals surface area contributed by atoms with Gasteiger partial charge in [-0.3, -0.25) is 0 Å². The molecule has 2 saturated carbocycles. The lowest BCUT2D eigenvalue weighted by Gasteiger charge is -2.34. The lowest BCUT2D eigenvalue weighted by atomic mass is 9.71. The van der Waals surface area contributed by atoms with E-state index < -0.39 is 0 Å². The molecule has 0 spiro atoms. The van der Waals surface area contributed by atoms with E-state index in [1.807, 2.05) is 0 Å². The van der Waals surface area contributed by atoms with Crippen molar-refractivity contribution in [1.82, 2.24) is 0 Å². The zero-order chi connectivity index (χ0) is 12.3. The average Bonchev–Trinajstić information content (AvgIpc) is 2.59. The number of hydrogen-bond acceptors (Lipinski definition) is 0. The molecule has 0 amide bonds. The second-order valence-corrected chi connectivity index (χ2v) is 7.65. The topological polar surface area (TPSA) is 0 Å². The highest BCUT2D eigenvalue weighted by Gasteiger charge is 2.34. The van der Waals surface area contributed by atoms with E-state index in [2.05, 4.69) is 20.8 Å². The first-order chi connectivity index (χ1) is 8.08. The SMILES string of the molecule is CC1CCCC(C)(C)CC1C1CCCCCC1. The van der Waals surface area contributed by atoms with Crippen molar-refractivity contribution in [2.75, 3.05) is 0 Å². The molecule has 2 atom stereocenters. The molecule has 2 unspecified atom stereocenters. The van der Waals surface area contributed by atoms with Gasteiger partial charge < -0.3 is 0 Å². The Morgan fingerprint density at radius 1 is 0.824 bits per heavy atom. The Balaban J connectivity index is 2.04. The molecule has 2 fully saturated rings. The Hall–Kier alpha value is 0. The van der Waals surface area contributed by atoms with Crippen LogP contribution in [0.3, 0.4) is 0 Å². The molecule has 17 heavy (non-hydrogen) atoms. The Morgan fingerprint density at radius 3 is 2.12 bits per heavy atom. The van der Waals surface area contributed by atoms with Crippen LogP contribution in [0.4, 0.5) is 0 Å². The van der Waals surface area contributed by atoms with E-state index in [4.69, 9.17) is 0 Å². The molecule has 0 heteroatoms. The van der Waals surface area contributed by atoms with E-state index >= 15 is 0 Å². The highest BCUT2D eigenvalue weighted by Crippen LogP contribution is 2.45. The van der Waals surface area contributed by atoms with Gasteiger partial charge in [0.05, 0.1) is 0 Å². The van der Waals surface area contributed by atoms with Gasteiger partial charge >= 0.3 is 0 Å². The van der Waals surface area contributed by atoms with E-state index in [-0.39, 0.29) is 0 Å². The van der Waals surface area contributed by atoms with Crippen molar-refractivity contribution >= 4 is 0 Å². The number of hydrogen-bond donors (Lipinski definition) is 0. The summed E-state index contributed by atoms with van der Waals surface area (Å²) in [5, 5.41) is 0. The molecule has 100 valence electrons. The van der Waals surface area contributed by atoms with Gasteiger partial charge in [-0.25, -0.2) is 0 Å². The molecule has 2 aliphatic carbocycles. The largest absolute Gasteiger partial charge is 0.0622 e. The van der Waals surface area contributed by atoms with Crippen LogP contribution in [0.25, 0.3) is 0 Å². The fraction of sp³-hybridized carbons (Fsp3) is 1.00. The normalized spacial score (nSPS) is 36.2. The van der Waals surface area contributed by atoms with Crippen LogP contribution in [0.2, 0.25) is 0 Å². The third-order valence-corrected chi connectivity index (χ3v) is 5.54. The predicted octanol–water partition coefficient (Wildman–Crippen LogP) is 5.81. The summed E-state index contributed by atoms with van der Waals surface area (Å²) in [6.07, 6.45) is 15.0. The first kappa shape index (κ1) is 13.4. The molecule has 0 radical (unpaired) electrons. The van der Waals surface area contributed by atoms with E-state index in [1.165, 1.54) is 64.2 Å². The Morgan fingerprint density at radius 2 is 1.47 bits per heavy atom. The molecule has 0 saturated heterocycles. The molecule has 0 aliphatic heterocycles. The Bertz CT molecular complexity index is 220. The summed E-state index contributed by atoms with van der Waals surface area (Å²) in [7, 11) is 0. The second-order valence-electron chi connectivity index (χ2n) is 7.65. The smallest absolute Gasteiger partial charge is 0.0351 e. The van der Waals surface area contributed by atoms with Crippen LogP contribution in [-0.2, 0) is 0 Å². The van der Waals surface area contributed by atoms with Crippen LogP contribution in [0.1, 0.15) is 85.0 Å². The molecule has 0 N–H and O–H groups in total. The molecule has 0 aromatic rings. The van der Waals surface area contributed by atoms with Gasteiger partial charge in [-0.05, 0) is 36.0 Å². The zero-order valence-corrected chi connectivity index (χ0v) is 12.3. The zero-order valence-electron chi connectivity index (χ0n) is 12.3. The minimum Gasteiger partial charge on any atom is -0.0622 e. The van der Waals surface area contributed by atoms with Gasteiger partial charge in [0.2, 0.25) is 0 Å². The third-order valence-electron chi connectivity index (χ3n) is 5.54. The molecule has 2 rings (SSSR count). The third kappa shape index (κ3) is 3.73. The number of rotatable bonds is 1. The summed E-state index contributed by atoms with van der Waals surface area (Å²) in [5.74, 6) is 3.08. The molecule has 2 aliphatic rings. The van der Waals surface area contributed by atoms with Crippen molar-refractivity contribution in [3.8, 4) is 0 Å². The molecule has 0 bridgehead atoms. The lowest BCUT2D eigenvalue weighted by Crippen LogP contribution is -2.25. The molecule has 0 aromatic carbocycles. The van der Waals surface area contributed by atoms with Gasteiger partial charge in [0.25, 0.3) is 0 Å². The van der Waals surface area contributed by atoms with E-state index in [0.717, 1.165) is 17.8 Å². The average molecular weight is 236 g/mol. The fourth-order valence-electron chi connectivity index (χ4n) is 4.43. The van der Waals surface area contributed by atoms with Gasteiger partial charge in [0.15, 0.2) is 0 Å². The maximum atomic E-state index is 2.54. The Kier molecular flexibility index (Phi) is 4.55. The molecule has 0 aromatic heterocycles. The van der Waals surface area contributed by atoms with Crippen LogP contribution in [0.5, 0.6) is 0 Å². The van der Waals surface area contributed by atoms with E-state index in [1.54, 1.807) is 0 Å². The first-order valence-electron chi connectivity index (χ1n) is 8.08. The quantitative estimate of drug-likeness (QED) is 0.504. The van der Waals surface area contributed by atoms with Crippen LogP contribution in [0, 0.1) is 23.2 Å². The van der Waals surface area contributed by atoms with Crippen molar-refractivity contribution < 1.29 is 0 Å². The van der Waals surface area contributed by atoms with Crippen molar-refractivity contribution in [3.05, 3.63) is 0 Å². The maximum absolute atomic E-state index is 2.54. The van der Waals surface area contributed by atoms with Gasteiger partial charge in [0.1, 0.15) is 0 Å². The van der Waals surface area contributed by atoms with Crippen LogP contribution in [-0.4, -0.2) is 0 Å². The van der Waals surface area contributed by atoms with Crippen molar-refractivity contribution in [2.45, 2.75) is 85.0 Å². The van der Waals surface area contributed by atoms with Crippen LogP contribution >= 0.6 is 0 Å². The molecular weight excluding hydrogens is 204 g/mol. The van der Waals surface area contributed by atoms with Gasteiger partial charge in [-0.1, -0.05) is 72.1 Å². The minimum absolute atomic E-state index is 0.613. The van der Waals surface area contributed by atoms with Gasteiger partial charge in [0, 0.05) is 0 Å². The summed E-state index contributed by atoms with van der Waals surface area (Å²) in [4.78, 5) is 0. The minimum atomic E-state index is 0.613. The molecule has 0 nitrogen and oxygen atoms in total. The first-order valence-corrected chi connectivity index (χ1v) is 8.08. The maximum Gasteiger partial charge on any atom is -0.0351 e. The summed E-state index contributed by atoms with van der Waals surface area (Å²) in [5.41, 5.74) is 0.613. The van der Waals surface area contributed by atoms with Crippen molar-refractivity contribution in [2.24, 2.45) is 23.2 Å². The summed E-state index contributed by atoms with van der Waals surface area (Å²) < 4.78 is 0. The predicted molar refractivity (Wildman–Crippen MR) is 76.1 cm³/mol. The summed E-state index contributed by atoms with van der Waals surface area (Å²) in [6, 6.07) is 0. The van der Waals surface area contributed by atoms with Gasteiger partial charge in [-0.15, -0.1) is 0 Å². The monoisotopic (exact) mass is 236 g/mol. The van der Waals surface area contributed by atoms with Crippen molar-refractivity contribution in [3.63, 3.8) is 0 Å². The highest BCUT2D eigenvalue weighted by atomic mass is 14.4. The summed E-state index contributed by atoms with van der Waals surface area (Å²) in [6.45, 7) is 7.56. The standard InChI is InChI=1S/C17H32/c1-14-9-8-12-17(2,3)13-16(14)15-10-6-4-5-7-11-15/h14-16H,4-13H2,1-3H3. The molecule has 0 heterocycles. The van der Waals surface area contributed by atoms with E-state index in [9.17, 15) is 0 Å². The van der Waals surface area contributed by atoms with E-state index in [0.29, 0.717) is 5.41 Å². The lowest BCUT2D eigenvalue weighted by molar-refractivity contribution is 0.157.